The topological polar surface area (TPSA) is 114 Å². The number of aryl methyl sites for hydroxylation is 1. The highest BCUT2D eigenvalue weighted by atomic mass is 16.6. The second-order valence-corrected chi connectivity index (χ2v) is 7.95. The van der Waals surface area contributed by atoms with E-state index in [1.165, 1.54) is 13.8 Å². The lowest BCUT2D eigenvalue weighted by Gasteiger charge is -2.45. The van der Waals surface area contributed by atoms with E-state index >= 15 is 0 Å². The molecule has 2 aromatic carbocycles. The van der Waals surface area contributed by atoms with Crippen LogP contribution in [0.3, 0.4) is 0 Å². The van der Waals surface area contributed by atoms with E-state index in [0.29, 0.717) is 6.42 Å². The van der Waals surface area contributed by atoms with Crippen LogP contribution in [0.2, 0.25) is 0 Å². The molecule has 0 aliphatic carbocycles. The molecule has 3 amide bonds. The van der Waals surface area contributed by atoms with Crippen LogP contribution in [0.5, 0.6) is 0 Å². The quantitative estimate of drug-likeness (QED) is 0.404. The molecule has 0 spiro atoms. The first-order chi connectivity index (χ1) is 15.3. The second-order valence-electron chi connectivity index (χ2n) is 7.95. The SMILES string of the molecule is CC(=O)O[C@H]1NC(=O)[C@@]1(C)NC(=O)C(Cc1ccccc1)NC(=O)CCc1ccccc1. The molecule has 1 fully saturated rings. The summed E-state index contributed by atoms with van der Waals surface area (Å²) in [6, 6.07) is 18.0. The standard InChI is InChI=1S/C24H27N3O5/c1-16(28)32-23-24(2,22(31)26-23)27-21(30)19(15-18-11-7-4-8-12-18)25-20(29)14-13-17-9-5-3-6-10-17/h3-12,19,23H,13-15H2,1-2H3,(H,25,29)(H,26,31)(H,27,30)/t19?,23-,24-/m1/s1. The third kappa shape index (κ3) is 5.72. The number of carbonyl (C=O) groups excluding carboxylic acids is 4. The van der Waals surface area contributed by atoms with E-state index in [0.717, 1.165) is 11.1 Å². The zero-order valence-electron chi connectivity index (χ0n) is 18.1. The predicted molar refractivity (Wildman–Crippen MR) is 117 cm³/mol. The van der Waals surface area contributed by atoms with E-state index in [1.807, 2.05) is 60.7 Å². The molecule has 0 saturated carbocycles. The first-order valence-corrected chi connectivity index (χ1v) is 10.5. The maximum Gasteiger partial charge on any atom is 0.304 e. The predicted octanol–water partition coefficient (Wildman–Crippen LogP) is 1.24. The van der Waals surface area contributed by atoms with Gasteiger partial charge < -0.3 is 20.7 Å². The van der Waals surface area contributed by atoms with E-state index in [-0.39, 0.29) is 18.7 Å². The van der Waals surface area contributed by atoms with Crippen molar-refractivity contribution in [1.82, 2.24) is 16.0 Å². The molecule has 0 radical (unpaired) electrons. The summed E-state index contributed by atoms with van der Waals surface area (Å²) < 4.78 is 5.07. The van der Waals surface area contributed by atoms with Crippen molar-refractivity contribution in [2.75, 3.05) is 0 Å². The number of hydrogen-bond donors (Lipinski definition) is 3. The van der Waals surface area contributed by atoms with Gasteiger partial charge in [-0.15, -0.1) is 0 Å². The normalized spacial score (nSPS) is 20.3. The molecule has 1 aliphatic heterocycles. The summed E-state index contributed by atoms with van der Waals surface area (Å²) in [7, 11) is 0. The highest BCUT2D eigenvalue weighted by molar-refractivity contribution is 5.99. The minimum Gasteiger partial charge on any atom is -0.439 e. The van der Waals surface area contributed by atoms with Gasteiger partial charge in [0.1, 0.15) is 6.04 Å². The van der Waals surface area contributed by atoms with E-state index in [2.05, 4.69) is 16.0 Å². The summed E-state index contributed by atoms with van der Waals surface area (Å²) in [4.78, 5) is 49.1. The highest BCUT2D eigenvalue weighted by Gasteiger charge is 2.55. The number of esters is 1. The number of benzene rings is 2. The van der Waals surface area contributed by atoms with Gasteiger partial charge in [0.15, 0.2) is 5.54 Å². The summed E-state index contributed by atoms with van der Waals surface area (Å²) in [6.07, 6.45) is 0.0412. The number of ether oxygens (including phenoxy) is 1. The molecule has 3 atom stereocenters. The Bertz CT molecular complexity index is 980. The van der Waals surface area contributed by atoms with Crippen molar-refractivity contribution >= 4 is 23.7 Å². The molecule has 3 rings (SSSR count). The molecule has 0 aromatic heterocycles. The van der Waals surface area contributed by atoms with Crippen molar-refractivity contribution < 1.29 is 23.9 Å². The van der Waals surface area contributed by atoms with Crippen molar-refractivity contribution in [3.05, 3.63) is 71.8 Å². The van der Waals surface area contributed by atoms with Crippen molar-refractivity contribution in [2.45, 2.75) is 50.9 Å². The Morgan fingerprint density at radius 2 is 1.62 bits per heavy atom. The number of rotatable bonds is 9. The molecule has 1 unspecified atom stereocenters. The summed E-state index contributed by atoms with van der Waals surface area (Å²) >= 11 is 0. The molecular weight excluding hydrogens is 410 g/mol. The van der Waals surface area contributed by atoms with Gasteiger partial charge in [-0.2, -0.15) is 0 Å². The molecule has 8 nitrogen and oxygen atoms in total. The van der Waals surface area contributed by atoms with Crippen LogP contribution in [0.4, 0.5) is 0 Å². The number of β-lactam (4-membered cyclic amide) rings is 1. The lowest BCUT2D eigenvalue weighted by atomic mass is 9.89. The van der Waals surface area contributed by atoms with Gasteiger partial charge in [-0.25, -0.2) is 0 Å². The lowest BCUT2D eigenvalue weighted by Crippen LogP contribution is -2.79. The Hall–Kier alpha value is -3.68. The fourth-order valence-corrected chi connectivity index (χ4v) is 3.46. The maximum atomic E-state index is 13.1. The summed E-state index contributed by atoms with van der Waals surface area (Å²) in [5, 5.41) is 7.89. The van der Waals surface area contributed by atoms with Gasteiger partial charge in [0.2, 0.25) is 18.0 Å². The van der Waals surface area contributed by atoms with Crippen LogP contribution < -0.4 is 16.0 Å². The Balaban J connectivity index is 1.68. The molecule has 3 N–H and O–H groups in total. The highest BCUT2D eigenvalue weighted by Crippen LogP contribution is 2.22. The second kappa shape index (κ2) is 10.1. The number of hydrogen-bond acceptors (Lipinski definition) is 5. The molecule has 32 heavy (non-hydrogen) atoms. The van der Waals surface area contributed by atoms with Crippen LogP contribution in [0.25, 0.3) is 0 Å². The van der Waals surface area contributed by atoms with Crippen LogP contribution in [0.15, 0.2) is 60.7 Å². The van der Waals surface area contributed by atoms with E-state index < -0.39 is 35.6 Å². The molecule has 168 valence electrons. The van der Waals surface area contributed by atoms with Crippen LogP contribution in [-0.4, -0.2) is 41.5 Å². The van der Waals surface area contributed by atoms with Crippen molar-refractivity contribution in [3.63, 3.8) is 0 Å². The van der Waals surface area contributed by atoms with Crippen molar-refractivity contribution in [1.29, 1.82) is 0 Å². The third-order valence-electron chi connectivity index (χ3n) is 5.34. The molecule has 1 saturated heterocycles. The molecular formula is C24H27N3O5. The third-order valence-corrected chi connectivity index (χ3v) is 5.34. The van der Waals surface area contributed by atoms with E-state index in [4.69, 9.17) is 4.74 Å². The van der Waals surface area contributed by atoms with Gasteiger partial charge in [0, 0.05) is 19.8 Å². The minimum atomic E-state index is -1.41. The monoisotopic (exact) mass is 437 g/mol. The van der Waals surface area contributed by atoms with Gasteiger partial charge in [-0.1, -0.05) is 60.7 Å². The number of nitrogens with one attached hydrogen (secondary N) is 3. The van der Waals surface area contributed by atoms with E-state index in [1.54, 1.807) is 0 Å². The summed E-state index contributed by atoms with van der Waals surface area (Å²) in [5.41, 5.74) is 0.470. The zero-order chi connectivity index (χ0) is 23.1. The van der Waals surface area contributed by atoms with Crippen molar-refractivity contribution in [3.8, 4) is 0 Å². The first-order valence-electron chi connectivity index (χ1n) is 10.5. The Morgan fingerprint density at radius 3 is 2.19 bits per heavy atom. The largest absolute Gasteiger partial charge is 0.439 e. The summed E-state index contributed by atoms with van der Waals surface area (Å²) in [5.74, 6) is -1.85. The maximum absolute atomic E-state index is 13.1. The first kappa shape index (κ1) is 23.0. The molecule has 1 heterocycles. The number of carbonyl (C=O) groups is 4. The molecule has 8 heteroatoms. The van der Waals surface area contributed by atoms with Crippen molar-refractivity contribution in [2.24, 2.45) is 0 Å². The van der Waals surface area contributed by atoms with Gasteiger partial charge in [0.05, 0.1) is 0 Å². The van der Waals surface area contributed by atoms with Crippen LogP contribution >= 0.6 is 0 Å². The molecule has 2 aromatic rings. The average molecular weight is 437 g/mol. The average Bonchev–Trinajstić information content (AvgIpc) is 2.78. The molecule has 0 bridgehead atoms. The van der Waals surface area contributed by atoms with Crippen LogP contribution in [-0.2, 0) is 36.8 Å². The smallest absolute Gasteiger partial charge is 0.304 e. The number of amides is 3. The van der Waals surface area contributed by atoms with Gasteiger partial charge in [0.25, 0.3) is 5.91 Å². The Labute approximate surface area is 186 Å². The fourth-order valence-electron chi connectivity index (χ4n) is 3.46. The molecule has 1 aliphatic rings. The van der Waals surface area contributed by atoms with Crippen LogP contribution in [0, 0.1) is 0 Å². The van der Waals surface area contributed by atoms with E-state index in [9.17, 15) is 19.2 Å². The minimum absolute atomic E-state index is 0.219. The zero-order valence-corrected chi connectivity index (χ0v) is 18.1. The Kier molecular flexibility index (Phi) is 7.25. The lowest BCUT2D eigenvalue weighted by molar-refractivity contribution is -0.173. The summed E-state index contributed by atoms with van der Waals surface area (Å²) in [6.45, 7) is 2.70. The van der Waals surface area contributed by atoms with Crippen LogP contribution in [0.1, 0.15) is 31.4 Å². The van der Waals surface area contributed by atoms with Gasteiger partial charge in [-0.3, -0.25) is 19.2 Å². The van der Waals surface area contributed by atoms with Gasteiger partial charge in [-0.05, 0) is 24.5 Å². The Morgan fingerprint density at radius 1 is 1.03 bits per heavy atom. The van der Waals surface area contributed by atoms with Gasteiger partial charge >= 0.3 is 5.97 Å². The fraction of sp³-hybridized carbons (Fsp3) is 0.333.